The summed E-state index contributed by atoms with van der Waals surface area (Å²) in [5.41, 5.74) is -1.09. The molecule has 0 spiro atoms. The Bertz CT molecular complexity index is 517. The van der Waals surface area contributed by atoms with E-state index < -0.39 is 29.6 Å². The molecule has 2 N–H and O–H groups in total. The van der Waals surface area contributed by atoms with Crippen LogP contribution in [0.3, 0.4) is 0 Å². The van der Waals surface area contributed by atoms with E-state index in [1.165, 1.54) is 16.8 Å². The van der Waals surface area contributed by atoms with E-state index in [1.807, 2.05) is 0 Å². The molecule has 7 nitrogen and oxygen atoms in total. The van der Waals surface area contributed by atoms with Crippen molar-refractivity contribution in [2.24, 2.45) is 0 Å². The predicted molar refractivity (Wildman–Crippen MR) is 52.1 cm³/mol. The van der Waals surface area contributed by atoms with Crippen molar-refractivity contribution in [1.29, 1.82) is 0 Å². The summed E-state index contributed by atoms with van der Waals surface area (Å²) in [6, 6.07) is 1.19. The first-order valence-electron chi connectivity index (χ1n) is 4.77. The number of aromatic nitrogens is 2. The number of nitrogens with zero attached hydrogens (tertiary/aromatic N) is 1. The predicted octanol–water partition coefficient (Wildman–Crippen LogP) is -0.701. The van der Waals surface area contributed by atoms with Crippen LogP contribution < -0.4 is 11.2 Å². The van der Waals surface area contributed by atoms with E-state index >= 15 is 0 Å². The first-order chi connectivity index (χ1) is 7.58. The third-order valence-electron chi connectivity index (χ3n) is 2.43. The Balaban J connectivity index is 2.24. The first kappa shape index (κ1) is 10.6. The fourth-order valence-corrected chi connectivity index (χ4v) is 1.66. The van der Waals surface area contributed by atoms with Crippen LogP contribution in [0.2, 0.25) is 0 Å². The average molecular weight is 226 g/mol. The molecule has 0 aliphatic carbocycles. The van der Waals surface area contributed by atoms with Gasteiger partial charge in [-0.15, -0.1) is 0 Å². The van der Waals surface area contributed by atoms with Gasteiger partial charge in [0, 0.05) is 12.3 Å². The lowest BCUT2D eigenvalue weighted by molar-refractivity contribution is -0.151. The zero-order valence-electron chi connectivity index (χ0n) is 8.25. The highest BCUT2D eigenvalue weighted by Crippen LogP contribution is 2.26. The number of rotatable bonds is 2. The van der Waals surface area contributed by atoms with E-state index in [4.69, 9.17) is 9.84 Å². The Morgan fingerprint density at radius 1 is 1.50 bits per heavy atom. The van der Waals surface area contributed by atoms with Crippen LogP contribution in [-0.2, 0) is 9.53 Å². The second-order valence-electron chi connectivity index (χ2n) is 3.51. The van der Waals surface area contributed by atoms with Crippen molar-refractivity contribution in [3.63, 3.8) is 0 Å². The lowest BCUT2D eigenvalue weighted by atomic mass is 10.2. The van der Waals surface area contributed by atoms with Gasteiger partial charge in [0.25, 0.3) is 5.56 Å². The van der Waals surface area contributed by atoms with Crippen molar-refractivity contribution >= 4 is 5.97 Å². The van der Waals surface area contributed by atoms with Crippen LogP contribution in [0.25, 0.3) is 0 Å². The first-order valence-corrected chi connectivity index (χ1v) is 4.77. The van der Waals surface area contributed by atoms with Gasteiger partial charge in [-0.25, -0.2) is 9.59 Å². The summed E-state index contributed by atoms with van der Waals surface area (Å²) in [5, 5.41) is 8.72. The Kier molecular flexibility index (Phi) is 2.61. The van der Waals surface area contributed by atoms with Crippen LogP contribution >= 0.6 is 0 Å². The number of aliphatic carboxylic acids is 1. The van der Waals surface area contributed by atoms with E-state index in [1.54, 1.807) is 0 Å². The van der Waals surface area contributed by atoms with Gasteiger partial charge in [-0.2, -0.15) is 0 Å². The minimum Gasteiger partial charge on any atom is -0.479 e. The lowest BCUT2D eigenvalue weighted by Crippen LogP contribution is -2.32. The summed E-state index contributed by atoms with van der Waals surface area (Å²) in [5.74, 6) is -1.04. The Labute approximate surface area is 89.3 Å². The normalized spacial score (nSPS) is 24.5. The fourth-order valence-electron chi connectivity index (χ4n) is 1.66. The molecule has 0 bridgehead atoms. The maximum Gasteiger partial charge on any atom is 0.332 e. The number of carbonyl (C=O) groups is 1. The van der Waals surface area contributed by atoms with Crippen molar-refractivity contribution < 1.29 is 14.6 Å². The van der Waals surface area contributed by atoms with Gasteiger partial charge in [0.05, 0.1) is 0 Å². The van der Waals surface area contributed by atoms with Gasteiger partial charge >= 0.3 is 11.7 Å². The van der Waals surface area contributed by atoms with Gasteiger partial charge in [-0.1, -0.05) is 0 Å². The van der Waals surface area contributed by atoms with Crippen LogP contribution in [0.15, 0.2) is 21.9 Å². The molecule has 86 valence electrons. The molecule has 0 amide bonds. The van der Waals surface area contributed by atoms with Gasteiger partial charge in [0.2, 0.25) is 0 Å². The minimum atomic E-state index is -1.04. The summed E-state index contributed by atoms with van der Waals surface area (Å²) >= 11 is 0. The molecular weight excluding hydrogens is 216 g/mol. The van der Waals surface area contributed by atoms with Crippen molar-refractivity contribution in [3.8, 4) is 0 Å². The molecule has 1 aromatic rings. The van der Waals surface area contributed by atoms with Crippen LogP contribution in [0, 0.1) is 0 Å². The maximum absolute atomic E-state index is 11.4. The summed E-state index contributed by atoms with van der Waals surface area (Å²) in [7, 11) is 0. The molecule has 0 saturated carbocycles. The monoisotopic (exact) mass is 226 g/mol. The molecule has 1 saturated heterocycles. The highest BCUT2D eigenvalue weighted by atomic mass is 16.5. The maximum atomic E-state index is 11.4. The summed E-state index contributed by atoms with van der Waals surface area (Å²) in [6.45, 7) is 0. The smallest absolute Gasteiger partial charge is 0.332 e. The zero-order chi connectivity index (χ0) is 11.7. The third-order valence-corrected chi connectivity index (χ3v) is 2.43. The number of ether oxygens (including phenoxy) is 1. The molecule has 2 rings (SSSR count). The summed E-state index contributed by atoms with van der Waals surface area (Å²) < 4.78 is 6.36. The number of hydrogen-bond acceptors (Lipinski definition) is 4. The molecule has 0 aromatic carbocycles. The van der Waals surface area contributed by atoms with Crippen LogP contribution in [0.1, 0.15) is 19.1 Å². The number of carboxylic acids is 1. The number of H-pyrrole nitrogens is 1. The average Bonchev–Trinajstić information content (AvgIpc) is 2.66. The summed E-state index contributed by atoms with van der Waals surface area (Å²) in [4.78, 5) is 34.9. The highest BCUT2D eigenvalue weighted by Gasteiger charge is 2.31. The highest BCUT2D eigenvalue weighted by molar-refractivity contribution is 5.72. The van der Waals surface area contributed by atoms with Crippen molar-refractivity contribution in [2.75, 3.05) is 0 Å². The van der Waals surface area contributed by atoms with Gasteiger partial charge in [0.1, 0.15) is 6.23 Å². The molecular formula is C9H10N2O5. The van der Waals surface area contributed by atoms with E-state index in [0.29, 0.717) is 12.8 Å². The molecule has 2 heterocycles. The van der Waals surface area contributed by atoms with Gasteiger partial charge in [-0.3, -0.25) is 14.3 Å². The van der Waals surface area contributed by atoms with E-state index in [2.05, 4.69) is 4.98 Å². The molecule has 1 fully saturated rings. The van der Waals surface area contributed by atoms with E-state index in [-0.39, 0.29) is 0 Å². The second kappa shape index (κ2) is 3.93. The van der Waals surface area contributed by atoms with Crippen molar-refractivity contribution in [3.05, 3.63) is 33.1 Å². The van der Waals surface area contributed by atoms with Crippen LogP contribution in [0.4, 0.5) is 0 Å². The molecule has 0 radical (unpaired) electrons. The zero-order valence-corrected chi connectivity index (χ0v) is 8.25. The lowest BCUT2D eigenvalue weighted by Gasteiger charge is -2.13. The largest absolute Gasteiger partial charge is 0.479 e. The Morgan fingerprint density at radius 3 is 2.81 bits per heavy atom. The molecule has 1 aromatic heterocycles. The van der Waals surface area contributed by atoms with E-state index in [0.717, 1.165) is 0 Å². The topological polar surface area (TPSA) is 101 Å². The van der Waals surface area contributed by atoms with Gasteiger partial charge in [0.15, 0.2) is 6.10 Å². The Hall–Kier alpha value is -1.89. The number of nitrogens with one attached hydrogen (secondary N) is 1. The van der Waals surface area contributed by atoms with E-state index in [9.17, 15) is 14.4 Å². The SMILES string of the molecule is O=C(O)C1CCC(n2ccc(=O)[nH]c2=O)O1. The van der Waals surface area contributed by atoms with Gasteiger partial charge < -0.3 is 9.84 Å². The standard InChI is InChI=1S/C9H10N2O5/c12-6-3-4-11(9(15)10-6)7-2-1-5(16-7)8(13)14/h3-5,7H,1-2H2,(H,13,14)(H,10,12,15). The second-order valence-corrected chi connectivity index (χ2v) is 3.51. The molecule has 16 heavy (non-hydrogen) atoms. The summed E-state index contributed by atoms with van der Waals surface area (Å²) in [6.07, 6.45) is 0.583. The molecule has 2 atom stereocenters. The third kappa shape index (κ3) is 1.89. The van der Waals surface area contributed by atoms with Crippen LogP contribution in [0.5, 0.6) is 0 Å². The number of aromatic amines is 1. The number of carboxylic acid groups (broad SMARTS) is 1. The van der Waals surface area contributed by atoms with Crippen molar-refractivity contribution in [1.82, 2.24) is 9.55 Å². The van der Waals surface area contributed by atoms with Crippen LogP contribution in [-0.4, -0.2) is 26.7 Å². The number of hydrogen-bond donors (Lipinski definition) is 2. The van der Waals surface area contributed by atoms with Gasteiger partial charge in [-0.05, 0) is 12.8 Å². The fraction of sp³-hybridized carbons (Fsp3) is 0.444. The van der Waals surface area contributed by atoms with Crippen molar-refractivity contribution in [2.45, 2.75) is 25.2 Å². The molecule has 7 heteroatoms. The molecule has 2 unspecified atom stereocenters. The Morgan fingerprint density at radius 2 is 2.25 bits per heavy atom. The molecule has 1 aliphatic rings. The molecule has 1 aliphatic heterocycles. The minimum absolute atomic E-state index is 0.353. The quantitative estimate of drug-likeness (QED) is 0.694.